The summed E-state index contributed by atoms with van der Waals surface area (Å²) in [6.07, 6.45) is 0. The number of hydrogen-bond acceptors (Lipinski definition) is 3. The Bertz CT molecular complexity index is 417. The molecule has 3 nitrogen and oxygen atoms in total. The molecule has 1 saturated heterocycles. The molecule has 1 aromatic rings. The van der Waals surface area contributed by atoms with E-state index in [2.05, 4.69) is 43.9 Å². The van der Waals surface area contributed by atoms with Crippen LogP contribution in [0.3, 0.4) is 0 Å². The van der Waals surface area contributed by atoms with Crippen molar-refractivity contribution in [2.45, 2.75) is 33.1 Å². The fraction of sp³-hybridized carbons (Fsp3) is 0.625. The number of benzene rings is 1. The molecule has 0 aromatic heterocycles. The van der Waals surface area contributed by atoms with Gasteiger partial charge in [0.05, 0.1) is 25.5 Å². The van der Waals surface area contributed by atoms with Crippen molar-refractivity contribution in [3.05, 3.63) is 23.8 Å². The van der Waals surface area contributed by atoms with Crippen LogP contribution in [0.4, 0.5) is 5.69 Å². The topological polar surface area (TPSA) is 21.7 Å². The van der Waals surface area contributed by atoms with E-state index >= 15 is 0 Å². The standard InChI is InChI=1S/C16H25NO2/c1-5-19-15-12-13(16(2,3)4)6-7-14(15)17-8-10-18-11-9-17/h6-7,12H,5,8-11H2,1-4H3. The van der Waals surface area contributed by atoms with Crippen molar-refractivity contribution in [1.82, 2.24) is 0 Å². The molecule has 3 heteroatoms. The van der Waals surface area contributed by atoms with Crippen LogP contribution >= 0.6 is 0 Å². The van der Waals surface area contributed by atoms with Crippen molar-refractivity contribution in [2.75, 3.05) is 37.8 Å². The van der Waals surface area contributed by atoms with Crippen LogP contribution < -0.4 is 9.64 Å². The summed E-state index contributed by atoms with van der Waals surface area (Å²) in [4.78, 5) is 2.35. The van der Waals surface area contributed by atoms with Gasteiger partial charge in [0.15, 0.2) is 0 Å². The third-order valence-corrected chi connectivity index (χ3v) is 3.48. The normalized spacial score (nSPS) is 16.5. The molecule has 2 rings (SSSR count). The molecule has 0 amide bonds. The molecule has 0 radical (unpaired) electrons. The number of anilines is 1. The van der Waals surface area contributed by atoms with Crippen LogP contribution in [0.2, 0.25) is 0 Å². The maximum atomic E-state index is 5.84. The van der Waals surface area contributed by atoms with Crippen molar-refractivity contribution < 1.29 is 9.47 Å². The van der Waals surface area contributed by atoms with Crippen LogP contribution in [-0.4, -0.2) is 32.9 Å². The highest BCUT2D eigenvalue weighted by atomic mass is 16.5. The second-order valence-corrected chi connectivity index (χ2v) is 5.96. The van der Waals surface area contributed by atoms with Crippen molar-refractivity contribution in [1.29, 1.82) is 0 Å². The monoisotopic (exact) mass is 263 g/mol. The Morgan fingerprint density at radius 3 is 2.47 bits per heavy atom. The van der Waals surface area contributed by atoms with Crippen LogP contribution in [0.5, 0.6) is 5.75 Å². The van der Waals surface area contributed by atoms with Crippen molar-refractivity contribution in [2.24, 2.45) is 0 Å². The number of morpholine rings is 1. The SMILES string of the molecule is CCOc1cc(C(C)(C)C)ccc1N1CCOCC1. The van der Waals surface area contributed by atoms with Gasteiger partial charge in [-0.2, -0.15) is 0 Å². The molecule has 19 heavy (non-hydrogen) atoms. The molecule has 0 N–H and O–H groups in total. The summed E-state index contributed by atoms with van der Waals surface area (Å²) in [6.45, 7) is 12.9. The lowest BCUT2D eigenvalue weighted by Gasteiger charge is -2.31. The molecule has 106 valence electrons. The molecule has 1 aliphatic rings. The molecule has 0 spiro atoms. The van der Waals surface area contributed by atoms with Gasteiger partial charge in [-0.3, -0.25) is 0 Å². The van der Waals surface area contributed by atoms with Gasteiger partial charge in [-0.15, -0.1) is 0 Å². The summed E-state index contributed by atoms with van der Waals surface area (Å²) in [5.41, 5.74) is 2.65. The van der Waals surface area contributed by atoms with Crippen molar-refractivity contribution in [3.8, 4) is 5.75 Å². The van der Waals surface area contributed by atoms with Crippen LogP contribution in [0, 0.1) is 0 Å². The third kappa shape index (κ3) is 3.41. The molecule has 1 heterocycles. The van der Waals surface area contributed by atoms with Gasteiger partial charge in [-0.05, 0) is 30.0 Å². The van der Waals surface area contributed by atoms with Gasteiger partial charge in [0, 0.05) is 13.1 Å². The van der Waals surface area contributed by atoms with Crippen LogP contribution in [0.25, 0.3) is 0 Å². The van der Waals surface area contributed by atoms with E-state index in [4.69, 9.17) is 9.47 Å². The Balaban J connectivity index is 2.31. The Morgan fingerprint density at radius 2 is 1.89 bits per heavy atom. The van der Waals surface area contributed by atoms with E-state index in [-0.39, 0.29) is 5.41 Å². The summed E-state index contributed by atoms with van der Waals surface area (Å²) >= 11 is 0. The molecule has 0 saturated carbocycles. The van der Waals surface area contributed by atoms with E-state index in [1.165, 1.54) is 11.3 Å². The average molecular weight is 263 g/mol. The largest absolute Gasteiger partial charge is 0.492 e. The zero-order valence-corrected chi connectivity index (χ0v) is 12.5. The lowest BCUT2D eigenvalue weighted by Crippen LogP contribution is -2.36. The predicted molar refractivity (Wildman–Crippen MR) is 79.3 cm³/mol. The van der Waals surface area contributed by atoms with Crippen LogP contribution in [0.1, 0.15) is 33.3 Å². The summed E-state index contributed by atoms with van der Waals surface area (Å²) in [7, 11) is 0. The van der Waals surface area contributed by atoms with Gasteiger partial charge in [0.1, 0.15) is 5.75 Å². The highest BCUT2D eigenvalue weighted by Crippen LogP contribution is 2.34. The minimum atomic E-state index is 0.148. The molecule has 0 unspecified atom stereocenters. The number of nitrogens with zero attached hydrogens (tertiary/aromatic N) is 1. The highest BCUT2D eigenvalue weighted by Gasteiger charge is 2.19. The molecule has 0 aliphatic carbocycles. The number of hydrogen-bond donors (Lipinski definition) is 0. The van der Waals surface area contributed by atoms with Gasteiger partial charge < -0.3 is 14.4 Å². The molecular formula is C16H25NO2. The van der Waals surface area contributed by atoms with Gasteiger partial charge in [0.2, 0.25) is 0 Å². The highest BCUT2D eigenvalue weighted by molar-refractivity contribution is 5.60. The maximum absolute atomic E-state index is 5.84. The van der Waals surface area contributed by atoms with Gasteiger partial charge in [0.25, 0.3) is 0 Å². The van der Waals surface area contributed by atoms with Crippen LogP contribution in [0.15, 0.2) is 18.2 Å². The van der Waals surface area contributed by atoms with E-state index in [1.807, 2.05) is 6.92 Å². The Kier molecular flexibility index (Phi) is 4.35. The predicted octanol–water partition coefficient (Wildman–Crippen LogP) is 3.22. The van der Waals surface area contributed by atoms with E-state index in [9.17, 15) is 0 Å². The van der Waals surface area contributed by atoms with Crippen LogP contribution in [-0.2, 0) is 10.2 Å². The molecule has 1 aromatic carbocycles. The Hall–Kier alpha value is -1.22. The first-order valence-corrected chi connectivity index (χ1v) is 7.12. The summed E-state index contributed by atoms with van der Waals surface area (Å²) < 4.78 is 11.3. The van der Waals surface area contributed by atoms with E-state index in [0.717, 1.165) is 32.1 Å². The maximum Gasteiger partial charge on any atom is 0.142 e. The fourth-order valence-corrected chi connectivity index (χ4v) is 2.32. The second-order valence-electron chi connectivity index (χ2n) is 5.96. The molecule has 1 fully saturated rings. The van der Waals surface area contributed by atoms with Gasteiger partial charge in [-0.25, -0.2) is 0 Å². The molecule has 0 bridgehead atoms. The lowest BCUT2D eigenvalue weighted by molar-refractivity contribution is 0.122. The Morgan fingerprint density at radius 1 is 1.21 bits per heavy atom. The number of ether oxygens (including phenoxy) is 2. The van der Waals surface area contributed by atoms with Crippen molar-refractivity contribution >= 4 is 5.69 Å². The zero-order chi connectivity index (χ0) is 13.9. The molecule has 0 atom stereocenters. The number of rotatable bonds is 3. The zero-order valence-electron chi connectivity index (χ0n) is 12.5. The van der Waals surface area contributed by atoms with E-state index in [0.29, 0.717) is 6.61 Å². The average Bonchev–Trinajstić information content (AvgIpc) is 2.39. The van der Waals surface area contributed by atoms with Gasteiger partial charge >= 0.3 is 0 Å². The van der Waals surface area contributed by atoms with Crippen molar-refractivity contribution in [3.63, 3.8) is 0 Å². The summed E-state index contributed by atoms with van der Waals surface area (Å²) in [6, 6.07) is 6.60. The van der Waals surface area contributed by atoms with E-state index in [1.54, 1.807) is 0 Å². The minimum Gasteiger partial charge on any atom is -0.492 e. The summed E-state index contributed by atoms with van der Waals surface area (Å²) in [5, 5.41) is 0. The Labute approximate surface area is 116 Å². The molecular weight excluding hydrogens is 238 g/mol. The first-order chi connectivity index (χ1) is 9.02. The third-order valence-electron chi connectivity index (χ3n) is 3.48. The van der Waals surface area contributed by atoms with E-state index < -0.39 is 0 Å². The lowest BCUT2D eigenvalue weighted by atomic mass is 9.87. The van der Waals surface area contributed by atoms with Gasteiger partial charge in [-0.1, -0.05) is 26.8 Å². The summed E-state index contributed by atoms with van der Waals surface area (Å²) in [5.74, 6) is 0.997. The first kappa shape index (κ1) is 14.2. The quantitative estimate of drug-likeness (QED) is 0.836. The fourth-order valence-electron chi connectivity index (χ4n) is 2.32. The second kappa shape index (κ2) is 5.83. The molecule has 1 aliphatic heterocycles. The first-order valence-electron chi connectivity index (χ1n) is 7.12. The minimum absolute atomic E-state index is 0.148. The smallest absolute Gasteiger partial charge is 0.142 e.